The highest BCUT2D eigenvalue weighted by molar-refractivity contribution is 7.92. The summed E-state index contributed by atoms with van der Waals surface area (Å²) in [5, 5.41) is 2.62. The summed E-state index contributed by atoms with van der Waals surface area (Å²) < 4.78 is 30.9. The van der Waals surface area contributed by atoms with Crippen LogP contribution in [0.1, 0.15) is 50.3 Å². The van der Waals surface area contributed by atoms with Gasteiger partial charge in [-0.2, -0.15) is 0 Å². The molecule has 3 aromatic rings. The summed E-state index contributed by atoms with van der Waals surface area (Å²) in [7, 11) is -3.84. The zero-order valence-electron chi connectivity index (χ0n) is 19.2. The number of likely N-dealkylation sites (tertiary alicyclic amines) is 1. The predicted molar refractivity (Wildman–Crippen MR) is 132 cm³/mol. The minimum Gasteiger partial charge on any atom is -0.341 e. The number of piperidine rings is 1. The van der Waals surface area contributed by atoms with Crippen LogP contribution in [-0.4, -0.2) is 41.9 Å². The van der Waals surface area contributed by atoms with Crippen molar-refractivity contribution in [2.24, 2.45) is 0 Å². The molecule has 0 saturated carbocycles. The number of nitrogens with zero attached hydrogens (tertiary/aromatic N) is 3. The number of carbonyl (C=O) groups excluding carboxylic acids is 1. The van der Waals surface area contributed by atoms with Crippen molar-refractivity contribution in [1.82, 2.24) is 14.5 Å². The molecule has 7 nitrogen and oxygen atoms in total. The Morgan fingerprint density at radius 3 is 2.61 bits per heavy atom. The molecule has 1 fully saturated rings. The van der Waals surface area contributed by atoms with Crippen molar-refractivity contribution in [3.05, 3.63) is 53.2 Å². The summed E-state index contributed by atoms with van der Waals surface area (Å²) in [5.74, 6) is 0.289. The second-order valence-electron chi connectivity index (χ2n) is 8.81. The Morgan fingerprint density at radius 2 is 1.94 bits per heavy atom. The van der Waals surface area contributed by atoms with Crippen molar-refractivity contribution in [1.29, 1.82) is 0 Å². The van der Waals surface area contributed by atoms with Crippen LogP contribution in [0, 0.1) is 6.92 Å². The molecule has 1 aliphatic rings. The number of anilines is 1. The van der Waals surface area contributed by atoms with E-state index in [1.807, 2.05) is 35.4 Å². The van der Waals surface area contributed by atoms with Gasteiger partial charge in [0.1, 0.15) is 16.4 Å². The fraction of sp³-hybridized carbons (Fsp3) is 0.417. The van der Waals surface area contributed by atoms with Gasteiger partial charge in [0, 0.05) is 36.0 Å². The molecule has 3 heterocycles. The highest BCUT2D eigenvalue weighted by Gasteiger charge is 2.24. The van der Waals surface area contributed by atoms with Crippen LogP contribution in [0.2, 0.25) is 0 Å². The molecule has 0 atom stereocenters. The highest BCUT2D eigenvalue weighted by Crippen LogP contribution is 2.29. The number of nitrogens with one attached hydrogen (secondary N) is 1. The average molecular weight is 487 g/mol. The molecule has 9 heteroatoms. The third kappa shape index (κ3) is 5.47. The summed E-state index contributed by atoms with van der Waals surface area (Å²) in [6.45, 7) is 7.62. The first-order valence-corrected chi connectivity index (χ1v) is 13.6. The highest BCUT2D eigenvalue weighted by atomic mass is 32.2. The molecule has 2 aromatic heterocycles. The minimum atomic E-state index is -3.84. The third-order valence-electron chi connectivity index (χ3n) is 5.84. The van der Waals surface area contributed by atoms with Gasteiger partial charge >= 0.3 is 0 Å². The molecular weight excluding hydrogens is 456 g/mol. The van der Waals surface area contributed by atoms with Crippen molar-refractivity contribution >= 4 is 33.0 Å². The van der Waals surface area contributed by atoms with Gasteiger partial charge in [-0.1, -0.05) is 26.0 Å². The number of carbonyl (C=O) groups is 1. The quantitative estimate of drug-likeness (QED) is 0.517. The van der Waals surface area contributed by atoms with Crippen molar-refractivity contribution in [2.45, 2.75) is 57.4 Å². The average Bonchev–Trinajstić information content (AvgIpc) is 3.41. The van der Waals surface area contributed by atoms with E-state index in [2.05, 4.69) is 23.6 Å². The van der Waals surface area contributed by atoms with Gasteiger partial charge in [-0.25, -0.2) is 13.4 Å². The molecule has 0 radical (unpaired) electrons. The third-order valence-corrected chi connectivity index (χ3v) is 8.17. The van der Waals surface area contributed by atoms with Gasteiger partial charge in [0.05, 0.1) is 5.69 Å². The lowest BCUT2D eigenvalue weighted by Crippen LogP contribution is -2.37. The number of benzene rings is 1. The number of aryl methyl sites for hydroxylation is 1. The van der Waals surface area contributed by atoms with Crippen LogP contribution in [0.15, 0.2) is 46.8 Å². The maximum atomic E-state index is 13.2. The van der Waals surface area contributed by atoms with Crippen LogP contribution in [0.4, 0.5) is 5.69 Å². The zero-order valence-corrected chi connectivity index (χ0v) is 20.9. The number of aromatic nitrogens is 2. The molecule has 1 amide bonds. The predicted octanol–water partition coefficient (Wildman–Crippen LogP) is 4.86. The summed E-state index contributed by atoms with van der Waals surface area (Å²) in [5.41, 5.74) is 3.07. The van der Waals surface area contributed by atoms with Gasteiger partial charge in [-0.3, -0.25) is 9.52 Å². The lowest BCUT2D eigenvalue weighted by atomic mass is 10.0. The minimum absolute atomic E-state index is 0.00127. The molecule has 1 aromatic carbocycles. The molecule has 1 N–H and O–H groups in total. The summed E-state index contributed by atoms with van der Waals surface area (Å²) in [6.07, 6.45) is 4.70. The topological polar surface area (TPSA) is 84.3 Å². The number of thiazole rings is 1. The van der Waals surface area contributed by atoms with E-state index in [0.29, 0.717) is 16.4 Å². The first-order chi connectivity index (χ1) is 15.7. The number of amides is 1. The maximum Gasteiger partial charge on any atom is 0.263 e. The smallest absolute Gasteiger partial charge is 0.263 e. The second kappa shape index (κ2) is 9.69. The van der Waals surface area contributed by atoms with E-state index in [0.717, 1.165) is 43.6 Å². The normalized spacial score (nSPS) is 14.6. The summed E-state index contributed by atoms with van der Waals surface area (Å²) in [6, 6.07) is 9.03. The van der Waals surface area contributed by atoms with E-state index in [4.69, 9.17) is 0 Å². The molecule has 0 spiro atoms. The Labute approximate surface area is 199 Å². The molecule has 0 aliphatic carbocycles. The van der Waals surface area contributed by atoms with E-state index >= 15 is 0 Å². The molecule has 1 saturated heterocycles. The number of sulfonamides is 1. The monoisotopic (exact) mass is 486 g/mol. The SMILES string of the molecule is Cc1csc(-c2cc(S(=O)(=O)Nc3cccc(C(C)C)c3)cn2CC(=O)N2CCCCC2)n1. The summed E-state index contributed by atoms with van der Waals surface area (Å²) in [4.78, 5) is 19.4. The van der Waals surface area contributed by atoms with Crippen molar-refractivity contribution in [2.75, 3.05) is 17.8 Å². The second-order valence-corrected chi connectivity index (χ2v) is 11.4. The fourth-order valence-corrected chi connectivity index (χ4v) is 5.89. The van der Waals surface area contributed by atoms with Gasteiger partial charge < -0.3 is 9.47 Å². The Morgan fingerprint density at radius 1 is 1.18 bits per heavy atom. The number of hydrogen-bond donors (Lipinski definition) is 1. The van der Waals surface area contributed by atoms with Gasteiger partial charge in [-0.05, 0) is 55.9 Å². The maximum absolute atomic E-state index is 13.2. The van der Waals surface area contributed by atoms with Gasteiger partial charge in [0.25, 0.3) is 10.0 Å². The lowest BCUT2D eigenvalue weighted by Gasteiger charge is -2.27. The summed E-state index contributed by atoms with van der Waals surface area (Å²) >= 11 is 1.44. The van der Waals surface area contributed by atoms with Crippen LogP contribution in [0.5, 0.6) is 0 Å². The standard InChI is InChI=1S/C24H30N4O3S2/c1-17(2)19-8-7-9-20(12-19)26-33(30,31)21-13-22(24-25-18(3)16-32-24)28(14-21)15-23(29)27-10-5-4-6-11-27/h7-9,12-14,16-17,26H,4-6,10-11,15H2,1-3H3. The Bertz CT molecular complexity index is 1240. The van der Waals surface area contributed by atoms with Gasteiger partial charge in [0.15, 0.2) is 0 Å². The van der Waals surface area contributed by atoms with E-state index in [1.165, 1.54) is 11.3 Å². The first kappa shape index (κ1) is 23.5. The zero-order chi connectivity index (χ0) is 23.6. The Kier molecular flexibility index (Phi) is 6.90. The van der Waals surface area contributed by atoms with E-state index in [1.54, 1.807) is 22.9 Å². The van der Waals surface area contributed by atoms with Crippen molar-refractivity contribution < 1.29 is 13.2 Å². The molecule has 33 heavy (non-hydrogen) atoms. The Balaban J connectivity index is 1.65. The van der Waals surface area contributed by atoms with E-state index in [-0.39, 0.29) is 23.3 Å². The lowest BCUT2D eigenvalue weighted by molar-refractivity contribution is -0.132. The largest absolute Gasteiger partial charge is 0.341 e. The van der Waals surface area contributed by atoms with Crippen LogP contribution in [-0.2, 0) is 21.4 Å². The van der Waals surface area contributed by atoms with Crippen molar-refractivity contribution in [3.8, 4) is 10.7 Å². The molecule has 0 bridgehead atoms. The van der Waals surface area contributed by atoms with Crippen LogP contribution in [0.3, 0.4) is 0 Å². The van der Waals surface area contributed by atoms with Crippen LogP contribution in [0.25, 0.3) is 10.7 Å². The molecular formula is C24H30N4O3S2. The van der Waals surface area contributed by atoms with E-state index in [9.17, 15) is 13.2 Å². The molecule has 4 rings (SSSR count). The fourth-order valence-electron chi connectivity index (χ4n) is 3.98. The molecule has 176 valence electrons. The Hall–Kier alpha value is -2.65. The molecule has 1 aliphatic heterocycles. The number of hydrogen-bond acceptors (Lipinski definition) is 5. The van der Waals surface area contributed by atoms with Gasteiger partial charge in [0.2, 0.25) is 5.91 Å². The number of rotatable bonds is 7. The van der Waals surface area contributed by atoms with Gasteiger partial charge in [-0.15, -0.1) is 11.3 Å². The molecule has 0 unspecified atom stereocenters. The first-order valence-electron chi connectivity index (χ1n) is 11.3. The van der Waals surface area contributed by atoms with Crippen LogP contribution < -0.4 is 4.72 Å². The van der Waals surface area contributed by atoms with Crippen LogP contribution >= 0.6 is 11.3 Å². The van der Waals surface area contributed by atoms with Crippen molar-refractivity contribution in [3.63, 3.8) is 0 Å². The van der Waals surface area contributed by atoms with E-state index < -0.39 is 10.0 Å².